The van der Waals surface area contributed by atoms with Crippen LogP contribution < -0.4 is 15.2 Å². The van der Waals surface area contributed by atoms with Crippen LogP contribution in [0, 0.1) is 11.7 Å². The topological polar surface area (TPSA) is 81.4 Å². The molecule has 24 heavy (non-hydrogen) atoms. The lowest BCUT2D eigenvalue weighted by Gasteiger charge is -2.27. The van der Waals surface area contributed by atoms with Gasteiger partial charge in [0.15, 0.2) is 0 Å². The van der Waals surface area contributed by atoms with Crippen molar-refractivity contribution in [2.24, 2.45) is 11.1 Å². The zero-order chi connectivity index (χ0) is 17.3. The number of hydrogen-bond donors (Lipinski definition) is 2. The maximum absolute atomic E-state index is 13.3. The molecule has 3 rings (SSSR count). The average molecular weight is 371 g/mol. The summed E-state index contributed by atoms with van der Waals surface area (Å²) >= 11 is 5.76. The predicted octanol–water partition coefficient (Wildman–Crippen LogP) is 2.68. The minimum atomic E-state index is -3.79. The first-order valence-electron chi connectivity index (χ1n) is 7.32. The largest absolute Gasteiger partial charge is 0.457 e. The second kappa shape index (κ2) is 6.68. The van der Waals surface area contributed by atoms with Gasteiger partial charge in [0.1, 0.15) is 17.3 Å². The Balaban J connectivity index is 1.93. The Labute approximate surface area is 144 Å². The maximum atomic E-state index is 13.3. The van der Waals surface area contributed by atoms with Gasteiger partial charge in [-0.2, -0.15) is 0 Å². The van der Waals surface area contributed by atoms with Crippen molar-refractivity contribution in [3.05, 3.63) is 52.8 Å². The molecule has 0 atom stereocenters. The van der Waals surface area contributed by atoms with Crippen molar-refractivity contribution in [2.45, 2.75) is 11.3 Å². The smallest absolute Gasteiger partial charge is 0.238 e. The van der Waals surface area contributed by atoms with Gasteiger partial charge >= 0.3 is 0 Å². The highest BCUT2D eigenvalue weighted by Crippen LogP contribution is 2.31. The third kappa shape index (κ3) is 3.87. The lowest BCUT2D eigenvalue weighted by atomic mass is 9.94. The molecule has 0 amide bonds. The van der Waals surface area contributed by atoms with Crippen molar-refractivity contribution >= 4 is 21.6 Å². The minimum Gasteiger partial charge on any atom is -0.457 e. The van der Waals surface area contributed by atoms with Crippen LogP contribution in [0.1, 0.15) is 5.56 Å². The normalized spacial score (nSPS) is 15.1. The highest BCUT2D eigenvalue weighted by atomic mass is 35.5. The lowest BCUT2D eigenvalue weighted by Crippen LogP contribution is -2.43. The summed E-state index contributed by atoms with van der Waals surface area (Å²) in [6, 6.07) is 8.51. The molecule has 0 bridgehead atoms. The van der Waals surface area contributed by atoms with E-state index in [2.05, 4.69) is 5.32 Å². The summed E-state index contributed by atoms with van der Waals surface area (Å²) in [6.07, 6.45) is 0.653. The van der Waals surface area contributed by atoms with Crippen LogP contribution in [0.25, 0.3) is 0 Å². The van der Waals surface area contributed by atoms with Gasteiger partial charge in [-0.3, -0.25) is 0 Å². The van der Waals surface area contributed by atoms with Crippen LogP contribution in [-0.4, -0.2) is 21.5 Å². The Hall–Kier alpha value is -1.67. The van der Waals surface area contributed by atoms with Gasteiger partial charge in [0.05, 0.1) is 9.92 Å². The summed E-state index contributed by atoms with van der Waals surface area (Å²) in [7, 11) is -3.79. The third-order valence-corrected chi connectivity index (χ3v) is 5.05. The van der Waals surface area contributed by atoms with Gasteiger partial charge < -0.3 is 10.1 Å². The van der Waals surface area contributed by atoms with E-state index in [0.717, 1.165) is 18.7 Å². The number of hydrogen-bond acceptors (Lipinski definition) is 4. The molecule has 0 radical (unpaired) electrons. The molecule has 1 saturated heterocycles. The van der Waals surface area contributed by atoms with Gasteiger partial charge in [0.25, 0.3) is 0 Å². The Bertz CT molecular complexity index is 870. The molecule has 2 aromatic rings. The van der Waals surface area contributed by atoms with Crippen molar-refractivity contribution in [1.29, 1.82) is 0 Å². The number of rotatable bonds is 5. The van der Waals surface area contributed by atoms with E-state index in [1.54, 1.807) is 6.07 Å². The van der Waals surface area contributed by atoms with Crippen molar-refractivity contribution < 1.29 is 17.5 Å². The van der Waals surface area contributed by atoms with Gasteiger partial charge in [-0.15, -0.1) is 0 Å². The van der Waals surface area contributed by atoms with Gasteiger partial charge in [0.2, 0.25) is 10.0 Å². The highest BCUT2D eigenvalue weighted by molar-refractivity contribution is 7.89. The van der Waals surface area contributed by atoms with E-state index in [1.165, 1.54) is 30.3 Å². The number of nitrogens with two attached hydrogens (primary N) is 1. The van der Waals surface area contributed by atoms with Gasteiger partial charge in [-0.25, -0.2) is 17.9 Å². The standard InChI is InChI=1S/C16H16ClFN2O3S/c17-14-7-12(1-3-15(14)18)23-16-4-2-13(24(19,21)22)6-11(16)5-10-8-20-9-10/h1-4,6-7,10,20H,5,8-9H2,(H2,19,21,22). The van der Waals surface area contributed by atoms with Crippen LogP contribution in [0.15, 0.2) is 41.3 Å². The number of halogens is 2. The highest BCUT2D eigenvalue weighted by Gasteiger charge is 2.21. The average Bonchev–Trinajstić information content (AvgIpc) is 2.47. The number of nitrogens with one attached hydrogen (secondary N) is 1. The SMILES string of the molecule is NS(=O)(=O)c1ccc(Oc2ccc(F)c(Cl)c2)c(CC2CNC2)c1. The molecule has 5 nitrogen and oxygen atoms in total. The molecular formula is C16H16ClFN2O3S. The zero-order valence-corrected chi connectivity index (χ0v) is 14.2. The Morgan fingerprint density at radius 1 is 1.25 bits per heavy atom. The molecule has 1 heterocycles. The van der Waals surface area contributed by atoms with Crippen LogP contribution in [-0.2, 0) is 16.4 Å². The number of benzene rings is 2. The van der Waals surface area contributed by atoms with Crippen molar-refractivity contribution in [1.82, 2.24) is 5.32 Å². The Morgan fingerprint density at radius 3 is 2.58 bits per heavy atom. The monoisotopic (exact) mass is 370 g/mol. The molecule has 0 unspecified atom stereocenters. The van der Waals surface area contributed by atoms with Crippen molar-refractivity contribution in [2.75, 3.05) is 13.1 Å². The maximum Gasteiger partial charge on any atom is 0.238 e. The van der Waals surface area contributed by atoms with Crippen LogP contribution in [0.4, 0.5) is 4.39 Å². The van der Waals surface area contributed by atoms with Gasteiger partial charge in [-0.1, -0.05) is 11.6 Å². The van der Waals surface area contributed by atoms with Crippen molar-refractivity contribution in [3.8, 4) is 11.5 Å². The number of ether oxygens (including phenoxy) is 1. The second-order valence-electron chi connectivity index (χ2n) is 5.72. The van der Waals surface area contributed by atoms with Crippen LogP contribution >= 0.6 is 11.6 Å². The molecule has 0 aromatic heterocycles. The molecule has 128 valence electrons. The quantitative estimate of drug-likeness (QED) is 0.847. The van der Waals surface area contributed by atoms with Crippen LogP contribution in [0.5, 0.6) is 11.5 Å². The summed E-state index contributed by atoms with van der Waals surface area (Å²) in [4.78, 5) is 0.0364. The summed E-state index contributed by atoms with van der Waals surface area (Å²) in [5.41, 5.74) is 0.730. The fraction of sp³-hybridized carbons (Fsp3) is 0.250. The summed E-state index contributed by atoms with van der Waals surface area (Å²) in [5, 5.41) is 8.33. The van der Waals surface area contributed by atoms with Crippen LogP contribution in [0.2, 0.25) is 5.02 Å². The first-order valence-corrected chi connectivity index (χ1v) is 9.25. The molecule has 1 aliphatic rings. The number of primary sulfonamides is 1. The summed E-state index contributed by atoms with van der Waals surface area (Å²) in [6.45, 7) is 1.73. The molecule has 0 aliphatic carbocycles. The summed E-state index contributed by atoms with van der Waals surface area (Å²) < 4.78 is 42.2. The van der Waals surface area contributed by atoms with E-state index < -0.39 is 15.8 Å². The van der Waals surface area contributed by atoms with E-state index in [1.807, 2.05) is 0 Å². The summed E-state index contributed by atoms with van der Waals surface area (Å²) in [5.74, 6) is 0.740. The fourth-order valence-corrected chi connectivity index (χ4v) is 3.20. The Kier molecular flexibility index (Phi) is 4.78. The molecule has 1 aliphatic heterocycles. The Morgan fingerprint density at radius 2 is 2.00 bits per heavy atom. The molecule has 3 N–H and O–H groups in total. The van der Waals surface area contributed by atoms with E-state index in [-0.39, 0.29) is 9.92 Å². The molecule has 8 heteroatoms. The third-order valence-electron chi connectivity index (χ3n) is 3.85. The predicted molar refractivity (Wildman–Crippen MR) is 89.4 cm³/mol. The van der Waals surface area contributed by atoms with Gasteiger partial charge in [-0.05, 0) is 61.3 Å². The number of sulfonamides is 1. The zero-order valence-electron chi connectivity index (χ0n) is 12.6. The molecule has 0 spiro atoms. The lowest BCUT2D eigenvalue weighted by molar-refractivity contribution is 0.342. The second-order valence-corrected chi connectivity index (χ2v) is 7.69. The molecule has 1 fully saturated rings. The fourth-order valence-electron chi connectivity index (χ4n) is 2.46. The first-order chi connectivity index (χ1) is 11.3. The van der Waals surface area contributed by atoms with E-state index in [0.29, 0.717) is 23.8 Å². The molecular weight excluding hydrogens is 355 g/mol. The molecule has 2 aromatic carbocycles. The van der Waals surface area contributed by atoms with Gasteiger partial charge in [0, 0.05) is 6.07 Å². The van der Waals surface area contributed by atoms with Crippen LogP contribution in [0.3, 0.4) is 0 Å². The van der Waals surface area contributed by atoms with Crippen molar-refractivity contribution in [3.63, 3.8) is 0 Å². The minimum absolute atomic E-state index is 0.0364. The van der Waals surface area contributed by atoms with E-state index in [4.69, 9.17) is 21.5 Å². The van der Waals surface area contributed by atoms with E-state index >= 15 is 0 Å². The van der Waals surface area contributed by atoms with E-state index in [9.17, 15) is 12.8 Å². The molecule has 0 saturated carbocycles. The first kappa shape index (κ1) is 17.2.